The summed E-state index contributed by atoms with van der Waals surface area (Å²) in [6.45, 7) is 2.06. The molecule has 1 aliphatic rings. The van der Waals surface area contributed by atoms with Gasteiger partial charge in [0.05, 0.1) is 14.2 Å². The van der Waals surface area contributed by atoms with Gasteiger partial charge in [-0.25, -0.2) is 4.99 Å². The van der Waals surface area contributed by atoms with E-state index in [1.807, 2.05) is 24.3 Å². The summed E-state index contributed by atoms with van der Waals surface area (Å²) in [5.74, 6) is 2.73. The highest BCUT2D eigenvalue weighted by Crippen LogP contribution is 2.30. The van der Waals surface area contributed by atoms with Gasteiger partial charge in [0.15, 0.2) is 5.96 Å². The van der Waals surface area contributed by atoms with Crippen LogP contribution >= 0.6 is 24.0 Å². The Morgan fingerprint density at radius 3 is 1.50 bits per heavy atom. The van der Waals surface area contributed by atoms with Gasteiger partial charge in [-0.3, -0.25) is 0 Å². The number of aliphatic imine (C=N–C) groups is 1. The molecule has 0 radical (unpaired) electrons. The van der Waals surface area contributed by atoms with Crippen molar-refractivity contribution < 1.29 is 9.47 Å². The molecule has 28 heavy (non-hydrogen) atoms. The van der Waals surface area contributed by atoms with Crippen LogP contribution in [0, 0.1) is 0 Å². The maximum Gasteiger partial charge on any atom is 0.197 e. The van der Waals surface area contributed by atoms with Gasteiger partial charge >= 0.3 is 0 Å². The number of nitrogens with zero attached hydrogens (tertiary/aromatic N) is 3. The van der Waals surface area contributed by atoms with Crippen LogP contribution in [0.1, 0.15) is 30.0 Å². The maximum atomic E-state index is 5.32. The Balaban J connectivity index is 0.00000280. The predicted molar refractivity (Wildman–Crippen MR) is 125 cm³/mol. The summed E-state index contributed by atoms with van der Waals surface area (Å²) in [5, 5.41) is 0. The second kappa shape index (κ2) is 10.5. The molecule has 1 heterocycles. The van der Waals surface area contributed by atoms with E-state index >= 15 is 0 Å². The van der Waals surface area contributed by atoms with Crippen LogP contribution in [-0.2, 0) is 0 Å². The second-order valence-electron chi connectivity index (χ2n) is 6.93. The highest BCUT2D eigenvalue weighted by atomic mass is 127. The third-order valence-electron chi connectivity index (χ3n) is 5.03. The molecule has 2 aromatic carbocycles. The largest absolute Gasteiger partial charge is 0.497 e. The average Bonchev–Trinajstić information content (AvgIpc) is 2.87. The number of rotatable bonds is 5. The zero-order valence-corrected chi connectivity index (χ0v) is 19.4. The van der Waals surface area contributed by atoms with Crippen LogP contribution in [0.4, 0.5) is 0 Å². The molecule has 0 atom stereocenters. The minimum Gasteiger partial charge on any atom is -0.497 e. The Morgan fingerprint density at radius 2 is 1.14 bits per heavy atom. The average molecular weight is 495 g/mol. The van der Waals surface area contributed by atoms with Gasteiger partial charge in [-0.1, -0.05) is 24.3 Å². The Hall–Kier alpha value is -1.96. The van der Waals surface area contributed by atoms with E-state index in [4.69, 9.17) is 14.5 Å². The van der Waals surface area contributed by atoms with E-state index < -0.39 is 0 Å². The second-order valence-corrected chi connectivity index (χ2v) is 6.93. The molecule has 1 aliphatic heterocycles. The van der Waals surface area contributed by atoms with Crippen LogP contribution in [0.15, 0.2) is 53.5 Å². The van der Waals surface area contributed by atoms with Gasteiger partial charge in [0.2, 0.25) is 0 Å². The molecule has 6 heteroatoms. The zero-order valence-electron chi connectivity index (χ0n) is 17.1. The lowest BCUT2D eigenvalue weighted by Crippen LogP contribution is -2.39. The molecule has 3 rings (SSSR count). The Kier molecular flexibility index (Phi) is 8.41. The number of ether oxygens (including phenoxy) is 2. The van der Waals surface area contributed by atoms with Crippen LogP contribution in [-0.4, -0.2) is 57.2 Å². The number of benzene rings is 2. The van der Waals surface area contributed by atoms with Gasteiger partial charge in [-0.2, -0.15) is 0 Å². The molecule has 0 aliphatic carbocycles. The normalized spacial score (nSPS) is 14.4. The van der Waals surface area contributed by atoms with E-state index in [0.29, 0.717) is 0 Å². The van der Waals surface area contributed by atoms with E-state index in [-0.39, 0.29) is 30.0 Å². The lowest BCUT2D eigenvalue weighted by molar-refractivity contribution is 0.414. The van der Waals surface area contributed by atoms with Gasteiger partial charge in [0.1, 0.15) is 17.5 Å². The number of methoxy groups -OCH3 is 2. The van der Waals surface area contributed by atoms with Crippen molar-refractivity contribution >= 4 is 29.9 Å². The predicted octanol–water partition coefficient (Wildman–Crippen LogP) is 4.42. The van der Waals surface area contributed by atoms with Crippen LogP contribution in [0.2, 0.25) is 0 Å². The molecule has 0 bridgehead atoms. The smallest absolute Gasteiger partial charge is 0.197 e. The maximum absolute atomic E-state index is 5.32. The SMILES string of the molecule is COc1ccc(C(N=C2N(C)CCCCN2C)c2ccc(OC)cc2)cc1.I. The van der Waals surface area contributed by atoms with Crippen LogP contribution in [0.3, 0.4) is 0 Å². The standard InChI is InChI=1S/C22H29N3O2.HI/c1-24-15-5-6-16-25(2)22(24)23-21(17-7-11-19(26-3)12-8-17)18-9-13-20(27-4)14-10-18;/h7-14,21H,5-6,15-16H2,1-4H3;1H. The Morgan fingerprint density at radius 1 is 0.750 bits per heavy atom. The summed E-state index contributed by atoms with van der Waals surface area (Å²) in [5.41, 5.74) is 2.28. The minimum atomic E-state index is -0.0835. The summed E-state index contributed by atoms with van der Waals surface area (Å²) in [4.78, 5) is 9.71. The van der Waals surface area contributed by atoms with Gasteiger partial charge in [-0.15, -0.1) is 24.0 Å². The molecule has 0 N–H and O–H groups in total. The molecule has 1 saturated heterocycles. The van der Waals surface area contributed by atoms with Crippen molar-refractivity contribution in [3.8, 4) is 11.5 Å². The molecule has 5 nitrogen and oxygen atoms in total. The number of halogens is 1. The first kappa shape index (κ1) is 22.3. The van der Waals surface area contributed by atoms with Crippen molar-refractivity contribution in [2.45, 2.75) is 18.9 Å². The topological polar surface area (TPSA) is 37.3 Å². The fourth-order valence-electron chi connectivity index (χ4n) is 3.42. The number of guanidine groups is 1. The van der Waals surface area contributed by atoms with E-state index in [9.17, 15) is 0 Å². The molecule has 1 fully saturated rings. The molecular formula is C22H30IN3O2. The highest BCUT2D eigenvalue weighted by Gasteiger charge is 2.20. The molecule has 0 saturated carbocycles. The first-order valence-corrected chi connectivity index (χ1v) is 9.40. The summed E-state index contributed by atoms with van der Waals surface area (Å²) >= 11 is 0. The third kappa shape index (κ3) is 5.31. The van der Waals surface area contributed by atoms with E-state index in [0.717, 1.165) is 41.7 Å². The highest BCUT2D eigenvalue weighted by molar-refractivity contribution is 14.0. The van der Waals surface area contributed by atoms with Crippen molar-refractivity contribution in [1.29, 1.82) is 0 Å². The van der Waals surface area contributed by atoms with E-state index in [1.165, 1.54) is 12.8 Å². The molecule has 0 unspecified atom stereocenters. The first-order chi connectivity index (χ1) is 13.1. The summed E-state index contributed by atoms with van der Waals surface area (Å²) in [6, 6.07) is 16.3. The van der Waals surface area contributed by atoms with E-state index in [2.05, 4.69) is 48.2 Å². The fraction of sp³-hybridized carbons (Fsp3) is 0.409. The molecule has 0 amide bonds. The number of hydrogen-bond acceptors (Lipinski definition) is 3. The summed E-state index contributed by atoms with van der Waals surface area (Å²) in [6.07, 6.45) is 2.38. The van der Waals surface area contributed by atoms with Crippen LogP contribution in [0.5, 0.6) is 11.5 Å². The minimum absolute atomic E-state index is 0. The van der Waals surface area contributed by atoms with Gasteiger partial charge in [0, 0.05) is 27.2 Å². The third-order valence-corrected chi connectivity index (χ3v) is 5.03. The molecule has 0 spiro atoms. The monoisotopic (exact) mass is 495 g/mol. The van der Waals surface area contributed by atoms with Gasteiger partial charge in [-0.05, 0) is 48.2 Å². The summed E-state index contributed by atoms with van der Waals surface area (Å²) < 4.78 is 10.6. The van der Waals surface area contributed by atoms with Crippen molar-refractivity contribution in [3.63, 3.8) is 0 Å². The van der Waals surface area contributed by atoms with Gasteiger partial charge < -0.3 is 19.3 Å². The Bertz CT molecular complexity index is 701. The molecular weight excluding hydrogens is 465 g/mol. The fourth-order valence-corrected chi connectivity index (χ4v) is 3.42. The van der Waals surface area contributed by atoms with Gasteiger partial charge in [0.25, 0.3) is 0 Å². The van der Waals surface area contributed by atoms with Crippen molar-refractivity contribution in [3.05, 3.63) is 59.7 Å². The van der Waals surface area contributed by atoms with Crippen molar-refractivity contribution in [1.82, 2.24) is 9.80 Å². The Labute approximate surface area is 185 Å². The van der Waals surface area contributed by atoms with Crippen LogP contribution < -0.4 is 9.47 Å². The van der Waals surface area contributed by atoms with Crippen molar-refractivity contribution in [2.75, 3.05) is 41.4 Å². The van der Waals surface area contributed by atoms with Crippen molar-refractivity contribution in [2.24, 2.45) is 4.99 Å². The quantitative estimate of drug-likeness (QED) is 0.576. The molecule has 0 aromatic heterocycles. The molecule has 2 aromatic rings. The number of hydrogen-bond donors (Lipinski definition) is 0. The van der Waals surface area contributed by atoms with E-state index in [1.54, 1.807) is 14.2 Å². The zero-order chi connectivity index (χ0) is 19.2. The molecule has 152 valence electrons. The lowest BCUT2D eigenvalue weighted by Gasteiger charge is -2.28. The summed E-state index contributed by atoms with van der Waals surface area (Å²) in [7, 11) is 7.62. The lowest BCUT2D eigenvalue weighted by atomic mass is 9.99. The first-order valence-electron chi connectivity index (χ1n) is 9.40. The van der Waals surface area contributed by atoms with Crippen LogP contribution in [0.25, 0.3) is 0 Å².